The quantitative estimate of drug-likeness (QED) is 0.853. The van der Waals surface area contributed by atoms with Gasteiger partial charge in [0.15, 0.2) is 12.1 Å². The van der Waals surface area contributed by atoms with Crippen LogP contribution in [0.4, 0.5) is 0 Å². The van der Waals surface area contributed by atoms with Crippen molar-refractivity contribution in [3.8, 4) is 0 Å². The van der Waals surface area contributed by atoms with Crippen molar-refractivity contribution in [3.63, 3.8) is 0 Å². The van der Waals surface area contributed by atoms with Crippen LogP contribution in [-0.2, 0) is 0 Å². The van der Waals surface area contributed by atoms with Crippen LogP contribution in [0.2, 0.25) is 0 Å². The number of likely N-dealkylation sites (N-methyl/N-ethyl adjacent to an activating group) is 1. The van der Waals surface area contributed by atoms with E-state index in [4.69, 9.17) is 4.42 Å². The van der Waals surface area contributed by atoms with E-state index in [2.05, 4.69) is 21.8 Å². The highest BCUT2D eigenvalue weighted by molar-refractivity contribution is 5.93. The summed E-state index contributed by atoms with van der Waals surface area (Å²) in [5.74, 6) is 0.925. The first-order valence-corrected chi connectivity index (χ1v) is 8.79. The van der Waals surface area contributed by atoms with Crippen LogP contribution in [0.15, 0.2) is 10.8 Å². The van der Waals surface area contributed by atoms with Gasteiger partial charge in [-0.3, -0.25) is 4.79 Å². The van der Waals surface area contributed by atoms with Gasteiger partial charge in [0.1, 0.15) is 5.76 Å². The molecule has 1 N–H and O–H groups in total. The fourth-order valence-corrected chi connectivity index (χ4v) is 3.79. The molecule has 0 aromatic carbocycles. The van der Waals surface area contributed by atoms with Crippen molar-refractivity contribution in [2.24, 2.45) is 11.8 Å². The van der Waals surface area contributed by atoms with E-state index in [-0.39, 0.29) is 18.4 Å². The van der Waals surface area contributed by atoms with Crippen molar-refractivity contribution in [3.05, 3.63) is 17.8 Å². The first-order chi connectivity index (χ1) is 11.6. The molecule has 1 amide bonds. The standard InChI is InChI=1S/C17H28N4O3/c1-13-16(18-12-24-13)17(23)21-9-14(15(10-21)11-22)8-20-5-3-4-19(2)6-7-20/h12,14-15,22H,3-11H2,1-2H3/t14-,15-/m1/s1. The molecule has 0 bridgehead atoms. The number of aryl methyl sites for hydroxylation is 1. The topological polar surface area (TPSA) is 73.1 Å². The van der Waals surface area contributed by atoms with Crippen molar-refractivity contribution in [1.82, 2.24) is 19.7 Å². The van der Waals surface area contributed by atoms with Crippen LogP contribution in [-0.4, -0.2) is 90.2 Å². The monoisotopic (exact) mass is 336 g/mol. The number of aliphatic hydroxyl groups is 1. The fourth-order valence-electron chi connectivity index (χ4n) is 3.79. The molecule has 2 aliphatic rings. The van der Waals surface area contributed by atoms with Crippen molar-refractivity contribution >= 4 is 5.91 Å². The number of nitrogens with zero attached hydrogens (tertiary/aromatic N) is 4. The third kappa shape index (κ3) is 3.79. The molecule has 2 saturated heterocycles. The first-order valence-electron chi connectivity index (χ1n) is 8.79. The lowest BCUT2D eigenvalue weighted by molar-refractivity contribution is 0.0772. The van der Waals surface area contributed by atoms with Crippen LogP contribution in [0.1, 0.15) is 22.7 Å². The highest BCUT2D eigenvalue weighted by Gasteiger charge is 2.37. The maximum Gasteiger partial charge on any atom is 0.276 e. The van der Waals surface area contributed by atoms with Gasteiger partial charge in [-0.15, -0.1) is 0 Å². The molecular weight excluding hydrogens is 308 g/mol. The molecule has 2 atom stereocenters. The normalized spacial score (nSPS) is 26.7. The molecule has 0 saturated carbocycles. The first kappa shape index (κ1) is 17.4. The zero-order valence-electron chi connectivity index (χ0n) is 14.6. The number of amides is 1. The van der Waals surface area contributed by atoms with E-state index < -0.39 is 0 Å². The summed E-state index contributed by atoms with van der Waals surface area (Å²) < 4.78 is 5.15. The largest absolute Gasteiger partial charge is 0.448 e. The van der Waals surface area contributed by atoms with Gasteiger partial charge >= 0.3 is 0 Å². The SMILES string of the molecule is Cc1ocnc1C(=O)N1C[C@@H](CN2CCCN(C)CC2)[C@@H](CO)C1. The number of hydrogen-bond donors (Lipinski definition) is 1. The minimum Gasteiger partial charge on any atom is -0.448 e. The Kier molecular flexibility index (Phi) is 5.53. The third-order valence-corrected chi connectivity index (χ3v) is 5.35. The van der Waals surface area contributed by atoms with Crippen LogP contribution in [0.5, 0.6) is 0 Å². The fraction of sp³-hybridized carbons (Fsp3) is 0.765. The molecule has 3 rings (SSSR count). The summed E-state index contributed by atoms with van der Waals surface area (Å²) in [6, 6.07) is 0. The maximum absolute atomic E-state index is 12.6. The van der Waals surface area contributed by atoms with Gasteiger partial charge in [-0.2, -0.15) is 0 Å². The summed E-state index contributed by atoms with van der Waals surface area (Å²) in [6.45, 7) is 8.48. The van der Waals surface area contributed by atoms with E-state index in [1.807, 2.05) is 4.90 Å². The molecule has 2 aliphatic heterocycles. The second-order valence-corrected chi connectivity index (χ2v) is 7.13. The van der Waals surface area contributed by atoms with E-state index >= 15 is 0 Å². The molecule has 1 aromatic heterocycles. The lowest BCUT2D eigenvalue weighted by atomic mass is 9.96. The van der Waals surface area contributed by atoms with Gasteiger partial charge in [0.2, 0.25) is 0 Å². The molecule has 0 radical (unpaired) electrons. The molecular formula is C17H28N4O3. The van der Waals surface area contributed by atoms with Crippen molar-refractivity contribution in [1.29, 1.82) is 0 Å². The minimum absolute atomic E-state index is 0.0854. The van der Waals surface area contributed by atoms with Crippen LogP contribution >= 0.6 is 0 Å². The van der Waals surface area contributed by atoms with Crippen LogP contribution < -0.4 is 0 Å². The smallest absolute Gasteiger partial charge is 0.276 e. The summed E-state index contributed by atoms with van der Waals surface area (Å²) >= 11 is 0. The van der Waals surface area contributed by atoms with E-state index in [1.165, 1.54) is 12.8 Å². The average molecular weight is 336 g/mol. The van der Waals surface area contributed by atoms with E-state index in [1.54, 1.807) is 6.92 Å². The molecule has 1 aromatic rings. The summed E-state index contributed by atoms with van der Waals surface area (Å²) in [7, 11) is 2.16. The Bertz CT molecular complexity index is 562. The van der Waals surface area contributed by atoms with E-state index in [9.17, 15) is 9.90 Å². The molecule has 0 aliphatic carbocycles. The zero-order chi connectivity index (χ0) is 17.1. The average Bonchev–Trinajstić information content (AvgIpc) is 3.11. The molecule has 134 valence electrons. The highest BCUT2D eigenvalue weighted by Crippen LogP contribution is 2.26. The van der Waals surface area contributed by atoms with E-state index in [0.29, 0.717) is 30.5 Å². The lowest BCUT2D eigenvalue weighted by Gasteiger charge is -2.26. The van der Waals surface area contributed by atoms with Gasteiger partial charge in [-0.05, 0) is 39.4 Å². The number of carbonyl (C=O) groups is 1. The van der Waals surface area contributed by atoms with Gasteiger partial charge < -0.3 is 24.2 Å². The maximum atomic E-state index is 12.6. The van der Waals surface area contributed by atoms with Gasteiger partial charge in [0, 0.05) is 45.2 Å². The molecule has 2 fully saturated rings. The zero-order valence-corrected chi connectivity index (χ0v) is 14.6. The molecule has 3 heterocycles. The molecule has 24 heavy (non-hydrogen) atoms. The Balaban J connectivity index is 1.62. The van der Waals surface area contributed by atoms with Crippen LogP contribution in [0.3, 0.4) is 0 Å². The number of rotatable bonds is 4. The van der Waals surface area contributed by atoms with E-state index in [0.717, 1.165) is 32.7 Å². The van der Waals surface area contributed by atoms with Crippen molar-refractivity contribution in [2.75, 3.05) is 59.5 Å². The van der Waals surface area contributed by atoms with Gasteiger partial charge in [-0.1, -0.05) is 0 Å². The van der Waals surface area contributed by atoms with Gasteiger partial charge in [0.25, 0.3) is 5.91 Å². The van der Waals surface area contributed by atoms with Crippen molar-refractivity contribution < 1.29 is 14.3 Å². The Morgan fingerprint density at radius 1 is 1.29 bits per heavy atom. The molecule has 7 nitrogen and oxygen atoms in total. The number of likely N-dealkylation sites (tertiary alicyclic amines) is 1. The Hall–Kier alpha value is -1.44. The van der Waals surface area contributed by atoms with Gasteiger partial charge in [-0.25, -0.2) is 4.98 Å². The summed E-state index contributed by atoms with van der Waals surface area (Å²) in [4.78, 5) is 23.3. The van der Waals surface area contributed by atoms with Crippen molar-refractivity contribution in [2.45, 2.75) is 13.3 Å². The lowest BCUT2D eigenvalue weighted by Crippen LogP contribution is -2.36. The Morgan fingerprint density at radius 3 is 2.79 bits per heavy atom. The molecule has 7 heteroatoms. The molecule has 0 spiro atoms. The number of aromatic nitrogens is 1. The number of aliphatic hydroxyl groups excluding tert-OH is 1. The Labute approximate surface area is 143 Å². The predicted molar refractivity (Wildman–Crippen MR) is 89.8 cm³/mol. The number of oxazole rings is 1. The number of carbonyl (C=O) groups excluding carboxylic acids is 1. The molecule has 0 unspecified atom stereocenters. The minimum atomic E-state index is -0.0854. The summed E-state index contributed by atoms with van der Waals surface area (Å²) in [5.41, 5.74) is 0.392. The third-order valence-electron chi connectivity index (χ3n) is 5.35. The second-order valence-electron chi connectivity index (χ2n) is 7.13. The van der Waals surface area contributed by atoms with Gasteiger partial charge in [0.05, 0.1) is 0 Å². The predicted octanol–water partition coefficient (Wildman–Crippen LogP) is 0.301. The number of hydrogen-bond acceptors (Lipinski definition) is 6. The summed E-state index contributed by atoms with van der Waals surface area (Å²) in [6.07, 6.45) is 2.49. The summed E-state index contributed by atoms with van der Waals surface area (Å²) in [5, 5.41) is 9.75. The second kappa shape index (κ2) is 7.63. The van der Waals surface area contributed by atoms with Crippen LogP contribution in [0.25, 0.3) is 0 Å². The Morgan fingerprint density at radius 2 is 2.08 bits per heavy atom. The van der Waals surface area contributed by atoms with Crippen LogP contribution in [0, 0.1) is 18.8 Å². The highest BCUT2D eigenvalue weighted by atomic mass is 16.3.